The molecule has 1 aliphatic heterocycles. The fourth-order valence-corrected chi connectivity index (χ4v) is 3.46. The second-order valence-electron chi connectivity index (χ2n) is 6.15. The molecule has 2 atom stereocenters. The average Bonchev–Trinajstić information content (AvgIpc) is 2.55. The molecule has 3 rings (SSSR count). The summed E-state index contributed by atoms with van der Waals surface area (Å²) in [5.41, 5.74) is 9.03. The van der Waals surface area contributed by atoms with Crippen LogP contribution in [0.1, 0.15) is 23.5 Å². The average molecular weight is 315 g/mol. The van der Waals surface area contributed by atoms with Gasteiger partial charge in [0.15, 0.2) is 0 Å². The Labute approximate surface area is 137 Å². The van der Waals surface area contributed by atoms with Gasteiger partial charge in [-0.25, -0.2) is 0 Å². The van der Waals surface area contributed by atoms with Crippen molar-refractivity contribution in [1.82, 2.24) is 4.90 Å². The Kier molecular flexibility index (Phi) is 5.14. The Morgan fingerprint density at radius 3 is 2.68 bits per heavy atom. The summed E-state index contributed by atoms with van der Waals surface area (Å²) in [7, 11) is 0. The molecule has 0 radical (unpaired) electrons. The van der Waals surface area contributed by atoms with E-state index in [0.717, 1.165) is 37.5 Å². The van der Waals surface area contributed by atoms with E-state index in [-0.39, 0.29) is 6.04 Å². The summed E-state index contributed by atoms with van der Waals surface area (Å²) in [5.74, 6) is 0.378. The standard InChI is InChI=1S/C19H23ClN2/c20-17-8-4-7-16(13-17)18-14-22(12-10-19(18)21)11-9-15-5-2-1-3-6-15/h1-8,13,18-19H,9-12,14,21H2. The Morgan fingerprint density at radius 2 is 1.91 bits per heavy atom. The van der Waals surface area contributed by atoms with Crippen molar-refractivity contribution >= 4 is 11.6 Å². The SMILES string of the molecule is NC1CCN(CCc2ccccc2)CC1c1cccc(Cl)c1. The van der Waals surface area contributed by atoms with Crippen molar-refractivity contribution in [1.29, 1.82) is 0 Å². The van der Waals surface area contributed by atoms with Gasteiger partial charge in [0.1, 0.15) is 0 Å². The molecule has 0 saturated carbocycles. The van der Waals surface area contributed by atoms with Crippen LogP contribution in [0.5, 0.6) is 0 Å². The lowest BCUT2D eigenvalue weighted by Crippen LogP contribution is -2.46. The van der Waals surface area contributed by atoms with Crippen LogP contribution in [-0.2, 0) is 6.42 Å². The highest BCUT2D eigenvalue weighted by Gasteiger charge is 2.27. The van der Waals surface area contributed by atoms with Crippen molar-refractivity contribution in [3.63, 3.8) is 0 Å². The highest BCUT2D eigenvalue weighted by atomic mass is 35.5. The molecule has 0 amide bonds. The molecule has 2 aromatic carbocycles. The van der Waals surface area contributed by atoms with E-state index in [1.54, 1.807) is 0 Å². The molecular weight excluding hydrogens is 292 g/mol. The first-order valence-corrected chi connectivity index (χ1v) is 8.37. The third kappa shape index (κ3) is 3.89. The Bertz CT molecular complexity index is 599. The van der Waals surface area contributed by atoms with E-state index in [2.05, 4.69) is 47.4 Å². The van der Waals surface area contributed by atoms with Crippen molar-refractivity contribution in [2.75, 3.05) is 19.6 Å². The van der Waals surface area contributed by atoms with E-state index in [9.17, 15) is 0 Å². The summed E-state index contributed by atoms with van der Waals surface area (Å²) in [6, 6.07) is 19.1. The van der Waals surface area contributed by atoms with Gasteiger partial charge in [0.05, 0.1) is 0 Å². The minimum absolute atomic E-state index is 0.228. The smallest absolute Gasteiger partial charge is 0.0408 e. The molecule has 116 valence electrons. The number of benzene rings is 2. The number of hydrogen-bond donors (Lipinski definition) is 1. The molecule has 0 bridgehead atoms. The van der Waals surface area contributed by atoms with Crippen LogP contribution in [0.2, 0.25) is 5.02 Å². The van der Waals surface area contributed by atoms with Crippen LogP contribution in [0.15, 0.2) is 54.6 Å². The van der Waals surface area contributed by atoms with E-state index in [0.29, 0.717) is 5.92 Å². The lowest BCUT2D eigenvalue weighted by atomic mass is 9.86. The highest BCUT2D eigenvalue weighted by Crippen LogP contribution is 2.28. The van der Waals surface area contributed by atoms with Crippen LogP contribution in [-0.4, -0.2) is 30.6 Å². The van der Waals surface area contributed by atoms with Crippen molar-refractivity contribution in [2.45, 2.75) is 24.8 Å². The molecule has 1 fully saturated rings. The van der Waals surface area contributed by atoms with Crippen molar-refractivity contribution in [3.05, 3.63) is 70.7 Å². The first kappa shape index (κ1) is 15.5. The molecule has 2 aromatic rings. The number of hydrogen-bond acceptors (Lipinski definition) is 2. The van der Waals surface area contributed by atoms with Gasteiger partial charge in [-0.15, -0.1) is 0 Å². The van der Waals surface area contributed by atoms with Gasteiger partial charge in [0.2, 0.25) is 0 Å². The molecule has 22 heavy (non-hydrogen) atoms. The van der Waals surface area contributed by atoms with Gasteiger partial charge in [-0.05, 0) is 42.6 Å². The van der Waals surface area contributed by atoms with Crippen LogP contribution in [0, 0.1) is 0 Å². The van der Waals surface area contributed by atoms with Crippen LogP contribution in [0.4, 0.5) is 0 Å². The normalized spacial score (nSPS) is 22.6. The molecule has 0 aliphatic carbocycles. The zero-order valence-corrected chi connectivity index (χ0v) is 13.5. The Balaban J connectivity index is 1.63. The van der Waals surface area contributed by atoms with Gasteiger partial charge in [-0.3, -0.25) is 0 Å². The molecule has 2 nitrogen and oxygen atoms in total. The van der Waals surface area contributed by atoms with E-state index >= 15 is 0 Å². The molecule has 3 heteroatoms. The number of nitrogens with two attached hydrogens (primary N) is 1. The van der Waals surface area contributed by atoms with E-state index in [1.807, 2.05) is 12.1 Å². The zero-order valence-electron chi connectivity index (χ0n) is 12.8. The fraction of sp³-hybridized carbons (Fsp3) is 0.368. The van der Waals surface area contributed by atoms with Crippen LogP contribution in [0.25, 0.3) is 0 Å². The molecule has 1 aliphatic rings. The fourth-order valence-electron chi connectivity index (χ4n) is 3.26. The first-order chi connectivity index (χ1) is 10.7. The largest absolute Gasteiger partial charge is 0.327 e. The van der Waals surface area contributed by atoms with E-state index < -0.39 is 0 Å². The zero-order chi connectivity index (χ0) is 15.4. The highest BCUT2D eigenvalue weighted by molar-refractivity contribution is 6.30. The summed E-state index contributed by atoms with van der Waals surface area (Å²) >= 11 is 6.13. The number of rotatable bonds is 4. The Morgan fingerprint density at radius 1 is 1.09 bits per heavy atom. The quantitative estimate of drug-likeness (QED) is 0.932. The molecule has 1 saturated heterocycles. The van der Waals surface area contributed by atoms with Gasteiger partial charge < -0.3 is 10.6 Å². The molecule has 0 aromatic heterocycles. The lowest BCUT2D eigenvalue weighted by Gasteiger charge is -2.37. The predicted octanol–water partition coefficient (Wildman–Crippen LogP) is 3.70. The van der Waals surface area contributed by atoms with E-state index in [4.69, 9.17) is 17.3 Å². The number of piperidine rings is 1. The second-order valence-corrected chi connectivity index (χ2v) is 6.59. The van der Waals surface area contributed by atoms with Gasteiger partial charge in [0, 0.05) is 30.1 Å². The third-order valence-corrected chi connectivity index (χ3v) is 4.82. The number of likely N-dealkylation sites (tertiary alicyclic amines) is 1. The molecular formula is C19H23ClN2. The maximum atomic E-state index is 6.36. The summed E-state index contributed by atoms with van der Waals surface area (Å²) in [6.45, 7) is 3.20. The maximum Gasteiger partial charge on any atom is 0.0408 e. The molecule has 2 unspecified atom stereocenters. The minimum Gasteiger partial charge on any atom is -0.327 e. The topological polar surface area (TPSA) is 29.3 Å². The van der Waals surface area contributed by atoms with Crippen molar-refractivity contribution in [3.8, 4) is 0 Å². The Hall–Kier alpha value is -1.35. The molecule has 1 heterocycles. The maximum absolute atomic E-state index is 6.36. The second kappa shape index (κ2) is 7.28. The summed E-state index contributed by atoms with van der Waals surface area (Å²) in [5, 5.41) is 0.797. The third-order valence-electron chi connectivity index (χ3n) is 4.59. The van der Waals surface area contributed by atoms with Crippen LogP contribution >= 0.6 is 11.6 Å². The van der Waals surface area contributed by atoms with Crippen molar-refractivity contribution in [2.24, 2.45) is 5.73 Å². The van der Waals surface area contributed by atoms with Crippen molar-refractivity contribution < 1.29 is 0 Å². The van der Waals surface area contributed by atoms with Gasteiger partial charge >= 0.3 is 0 Å². The van der Waals surface area contributed by atoms with Crippen LogP contribution < -0.4 is 5.73 Å². The predicted molar refractivity (Wildman–Crippen MR) is 93.4 cm³/mol. The molecule has 2 N–H and O–H groups in total. The van der Waals surface area contributed by atoms with Crippen LogP contribution in [0.3, 0.4) is 0 Å². The summed E-state index contributed by atoms with van der Waals surface area (Å²) < 4.78 is 0. The first-order valence-electron chi connectivity index (χ1n) is 8.00. The molecule has 0 spiro atoms. The van der Waals surface area contributed by atoms with Gasteiger partial charge in [-0.1, -0.05) is 54.1 Å². The monoisotopic (exact) mass is 314 g/mol. The van der Waals surface area contributed by atoms with Gasteiger partial charge in [0.25, 0.3) is 0 Å². The minimum atomic E-state index is 0.228. The summed E-state index contributed by atoms with van der Waals surface area (Å²) in [6.07, 6.45) is 2.14. The lowest BCUT2D eigenvalue weighted by molar-refractivity contribution is 0.192. The van der Waals surface area contributed by atoms with E-state index in [1.165, 1.54) is 11.1 Å². The number of nitrogens with zero attached hydrogens (tertiary/aromatic N) is 1. The summed E-state index contributed by atoms with van der Waals surface area (Å²) in [4.78, 5) is 2.53. The van der Waals surface area contributed by atoms with Gasteiger partial charge in [-0.2, -0.15) is 0 Å². The number of halogens is 1.